The fourth-order valence-corrected chi connectivity index (χ4v) is 3.54. The van der Waals surface area contributed by atoms with Gasteiger partial charge in [0.05, 0.1) is 11.9 Å². The van der Waals surface area contributed by atoms with Crippen LogP contribution in [-0.4, -0.2) is 33.0 Å². The van der Waals surface area contributed by atoms with E-state index in [9.17, 15) is 14.0 Å². The van der Waals surface area contributed by atoms with E-state index in [-0.39, 0.29) is 36.0 Å². The largest absolute Gasteiger partial charge is 0.431 e. The minimum atomic E-state index is -0.425. The van der Waals surface area contributed by atoms with E-state index >= 15 is 0 Å². The second-order valence-electron chi connectivity index (χ2n) is 8.07. The van der Waals surface area contributed by atoms with Crippen LogP contribution in [0.15, 0.2) is 65.2 Å². The average molecular weight is 476 g/mol. The van der Waals surface area contributed by atoms with Crippen molar-refractivity contribution in [3.8, 4) is 22.7 Å². The van der Waals surface area contributed by atoms with Gasteiger partial charge in [0.25, 0.3) is 11.8 Å². The van der Waals surface area contributed by atoms with Gasteiger partial charge in [-0.2, -0.15) is 5.10 Å². The number of hydrogen-bond donors (Lipinski definition) is 3. The third-order valence-electron chi connectivity index (χ3n) is 5.65. The van der Waals surface area contributed by atoms with Crippen LogP contribution in [0.2, 0.25) is 0 Å². The average Bonchev–Trinajstić information content (AvgIpc) is 3.57. The first-order valence-corrected chi connectivity index (χ1v) is 11.4. The van der Waals surface area contributed by atoms with Gasteiger partial charge in [0, 0.05) is 23.7 Å². The zero-order valence-electron chi connectivity index (χ0n) is 19.5. The van der Waals surface area contributed by atoms with Crippen LogP contribution in [0.5, 0.6) is 0 Å². The maximum Gasteiger partial charge on any atom is 0.288 e. The Bertz CT molecular complexity index is 1310. The van der Waals surface area contributed by atoms with Crippen molar-refractivity contribution in [3.63, 3.8) is 0 Å². The molecule has 0 spiro atoms. The van der Waals surface area contributed by atoms with E-state index < -0.39 is 5.91 Å². The molecule has 0 saturated carbocycles. The number of H-pyrrole nitrogens is 1. The fourth-order valence-electron chi connectivity index (χ4n) is 3.54. The highest BCUT2D eigenvalue weighted by atomic mass is 19.1. The SMILES string of the molecule is CCC(CC)NC(=O)c1cc(-c2cccc(-c3ncc(C(=O)NCc4ccc(F)cc4)o3)c2)[nH]n1. The summed E-state index contributed by atoms with van der Waals surface area (Å²) in [7, 11) is 0. The molecule has 0 aliphatic carbocycles. The summed E-state index contributed by atoms with van der Waals surface area (Å²) in [6, 6.07) is 15.0. The summed E-state index contributed by atoms with van der Waals surface area (Å²) in [5.41, 5.74) is 3.20. The Labute approximate surface area is 202 Å². The second kappa shape index (κ2) is 10.8. The van der Waals surface area contributed by atoms with Crippen LogP contribution in [0, 0.1) is 5.82 Å². The van der Waals surface area contributed by atoms with Gasteiger partial charge >= 0.3 is 0 Å². The standard InChI is InChI=1S/C26H26FN5O3/c1-3-20(4-2)30-24(33)22-13-21(31-32-22)17-6-5-7-18(12-17)26-29-15-23(35-26)25(34)28-14-16-8-10-19(27)11-9-16/h5-13,15,20H,3-4,14H2,1-2H3,(H,28,34)(H,30,33)(H,31,32). The molecular formula is C26H26FN5O3. The van der Waals surface area contributed by atoms with Gasteiger partial charge in [-0.15, -0.1) is 0 Å². The normalized spacial score (nSPS) is 11.0. The molecule has 0 atom stereocenters. The summed E-state index contributed by atoms with van der Waals surface area (Å²) in [6.07, 6.45) is 3.06. The first kappa shape index (κ1) is 23.9. The lowest BCUT2D eigenvalue weighted by Crippen LogP contribution is -2.33. The van der Waals surface area contributed by atoms with Crippen molar-refractivity contribution in [2.45, 2.75) is 39.3 Å². The third kappa shape index (κ3) is 5.81. The molecule has 3 N–H and O–H groups in total. The van der Waals surface area contributed by atoms with Crippen LogP contribution in [-0.2, 0) is 6.54 Å². The van der Waals surface area contributed by atoms with Gasteiger partial charge in [0.1, 0.15) is 5.82 Å². The van der Waals surface area contributed by atoms with Crippen LogP contribution in [0.4, 0.5) is 4.39 Å². The third-order valence-corrected chi connectivity index (χ3v) is 5.65. The number of amides is 2. The molecule has 35 heavy (non-hydrogen) atoms. The number of carbonyl (C=O) groups excluding carboxylic acids is 2. The van der Waals surface area contributed by atoms with Crippen LogP contribution < -0.4 is 10.6 Å². The van der Waals surface area contributed by atoms with Gasteiger partial charge in [0.2, 0.25) is 11.7 Å². The van der Waals surface area contributed by atoms with Crippen molar-refractivity contribution >= 4 is 11.8 Å². The number of aromatic amines is 1. The number of aromatic nitrogens is 3. The number of hydrogen-bond acceptors (Lipinski definition) is 5. The number of halogens is 1. The molecule has 2 amide bonds. The minimum Gasteiger partial charge on any atom is -0.431 e. The van der Waals surface area contributed by atoms with Crippen molar-refractivity contribution in [1.82, 2.24) is 25.8 Å². The lowest BCUT2D eigenvalue weighted by atomic mass is 10.1. The van der Waals surface area contributed by atoms with Gasteiger partial charge in [-0.25, -0.2) is 9.37 Å². The molecular weight excluding hydrogens is 449 g/mol. The summed E-state index contributed by atoms with van der Waals surface area (Å²) >= 11 is 0. The van der Waals surface area contributed by atoms with E-state index in [1.165, 1.54) is 18.3 Å². The van der Waals surface area contributed by atoms with Gasteiger partial charge in [0.15, 0.2) is 5.69 Å². The molecule has 4 rings (SSSR count). The van der Waals surface area contributed by atoms with Gasteiger partial charge in [-0.1, -0.05) is 38.1 Å². The zero-order chi connectivity index (χ0) is 24.8. The van der Waals surface area contributed by atoms with E-state index in [1.807, 2.05) is 38.1 Å². The summed E-state index contributed by atoms with van der Waals surface area (Å²) in [5.74, 6) is -0.634. The quantitative estimate of drug-likeness (QED) is 0.324. The molecule has 0 radical (unpaired) electrons. The Kier molecular flexibility index (Phi) is 7.35. The maximum absolute atomic E-state index is 13.0. The highest BCUT2D eigenvalue weighted by molar-refractivity contribution is 5.93. The molecule has 8 nitrogen and oxygen atoms in total. The molecule has 0 fully saturated rings. The topological polar surface area (TPSA) is 113 Å². The fraction of sp³-hybridized carbons (Fsp3) is 0.231. The molecule has 4 aromatic rings. The molecule has 0 bridgehead atoms. The van der Waals surface area contributed by atoms with Crippen molar-refractivity contribution in [3.05, 3.63) is 83.6 Å². The van der Waals surface area contributed by atoms with Crippen molar-refractivity contribution in [2.75, 3.05) is 0 Å². The van der Waals surface area contributed by atoms with Gasteiger partial charge < -0.3 is 15.1 Å². The molecule has 9 heteroatoms. The number of nitrogens with zero attached hydrogens (tertiary/aromatic N) is 2. The lowest BCUT2D eigenvalue weighted by molar-refractivity contribution is 0.0918. The number of rotatable bonds is 9. The first-order chi connectivity index (χ1) is 17.0. The summed E-state index contributed by atoms with van der Waals surface area (Å²) in [6.45, 7) is 4.29. The number of nitrogens with one attached hydrogen (secondary N) is 3. The predicted octanol–water partition coefficient (Wildman–Crippen LogP) is 4.72. The van der Waals surface area contributed by atoms with E-state index in [2.05, 4.69) is 25.8 Å². The van der Waals surface area contributed by atoms with Crippen LogP contribution in [0.1, 0.15) is 53.3 Å². The van der Waals surface area contributed by atoms with Crippen molar-refractivity contribution in [2.24, 2.45) is 0 Å². The Balaban J connectivity index is 1.44. The van der Waals surface area contributed by atoms with Gasteiger partial charge in [-0.3, -0.25) is 14.7 Å². The number of oxazole rings is 1. The van der Waals surface area contributed by atoms with E-state index in [1.54, 1.807) is 18.2 Å². The molecule has 0 aliphatic rings. The van der Waals surface area contributed by atoms with Crippen LogP contribution in [0.25, 0.3) is 22.7 Å². The van der Waals surface area contributed by atoms with Crippen molar-refractivity contribution in [1.29, 1.82) is 0 Å². The summed E-state index contributed by atoms with van der Waals surface area (Å²) < 4.78 is 18.7. The van der Waals surface area contributed by atoms with E-state index in [0.29, 0.717) is 17.0 Å². The first-order valence-electron chi connectivity index (χ1n) is 11.4. The molecule has 0 aliphatic heterocycles. The highest BCUT2D eigenvalue weighted by Gasteiger charge is 2.17. The Morgan fingerprint density at radius 3 is 2.51 bits per heavy atom. The predicted molar refractivity (Wildman–Crippen MR) is 129 cm³/mol. The minimum absolute atomic E-state index is 0.0643. The maximum atomic E-state index is 13.0. The highest BCUT2D eigenvalue weighted by Crippen LogP contribution is 2.25. The Morgan fingerprint density at radius 2 is 1.77 bits per heavy atom. The molecule has 0 unspecified atom stereocenters. The van der Waals surface area contributed by atoms with Crippen LogP contribution >= 0.6 is 0 Å². The van der Waals surface area contributed by atoms with Crippen LogP contribution in [0.3, 0.4) is 0 Å². The second-order valence-corrected chi connectivity index (χ2v) is 8.07. The summed E-state index contributed by atoms with van der Waals surface area (Å²) in [5, 5.41) is 12.7. The van der Waals surface area contributed by atoms with Crippen molar-refractivity contribution < 1.29 is 18.4 Å². The molecule has 2 aromatic heterocycles. The molecule has 0 saturated heterocycles. The molecule has 2 heterocycles. The zero-order valence-corrected chi connectivity index (χ0v) is 19.5. The smallest absolute Gasteiger partial charge is 0.288 e. The Hall–Kier alpha value is -4.27. The van der Waals surface area contributed by atoms with Gasteiger partial charge in [-0.05, 0) is 48.7 Å². The number of benzene rings is 2. The Morgan fingerprint density at radius 1 is 1.03 bits per heavy atom. The number of carbonyl (C=O) groups is 2. The lowest BCUT2D eigenvalue weighted by Gasteiger charge is -2.13. The molecule has 2 aromatic carbocycles. The van der Waals surface area contributed by atoms with E-state index in [4.69, 9.17) is 4.42 Å². The van der Waals surface area contributed by atoms with E-state index in [0.717, 1.165) is 24.0 Å². The molecule has 180 valence electrons. The summed E-state index contributed by atoms with van der Waals surface area (Å²) in [4.78, 5) is 29.1. The monoisotopic (exact) mass is 475 g/mol.